The van der Waals surface area contributed by atoms with E-state index in [4.69, 9.17) is 5.73 Å². The number of aliphatic hydroxyl groups is 1. The third kappa shape index (κ3) is 4.32. The third-order valence-corrected chi connectivity index (χ3v) is 3.95. The average molecular weight is 329 g/mol. The molecule has 128 valence electrons. The van der Waals surface area contributed by atoms with Gasteiger partial charge in [-0.15, -0.1) is 0 Å². The van der Waals surface area contributed by atoms with Crippen molar-refractivity contribution < 1.29 is 9.50 Å². The topological polar surface area (TPSA) is 70.6 Å². The van der Waals surface area contributed by atoms with E-state index in [1.807, 2.05) is 18.2 Å². The van der Waals surface area contributed by atoms with Crippen LogP contribution in [0.5, 0.6) is 0 Å². The van der Waals surface area contributed by atoms with Gasteiger partial charge in [-0.05, 0) is 30.0 Å². The van der Waals surface area contributed by atoms with Crippen molar-refractivity contribution in [2.24, 2.45) is 10.7 Å². The fourth-order valence-corrected chi connectivity index (χ4v) is 2.60. The van der Waals surface area contributed by atoms with Gasteiger partial charge in [-0.25, -0.2) is 4.39 Å². The van der Waals surface area contributed by atoms with E-state index in [0.717, 1.165) is 29.7 Å². The molecule has 4 nitrogen and oxygen atoms in total. The van der Waals surface area contributed by atoms with E-state index in [9.17, 15) is 9.50 Å². The molecule has 2 aromatic carbocycles. The normalized spacial score (nSPS) is 12.9. The highest BCUT2D eigenvalue weighted by atomic mass is 19.1. The summed E-state index contributed by atoms with van der Waals surface area (Å²) in [5.74, 6) is -0.239. The van der Waals surface area contributed by atoms with Crippen LogP contribution < -0.4 is 11.1 Å². The number of nitrogens with zero attached hydrogens (tertiary/aromatic N) is 1. The van der Waals surface area contributed by atoms with Gasteiger partial charge in [0.25, 0.3) is 0 Å². The largest absolute Gasteiger partial charge is 0.386 e. The average Bonchev–Trinajstić information content (AvgIpc) is 2.60. The Morgan fingerprint density at radius 3 is 2.33 bits per heavy atom. The molecule has 2 aromatic rings. The molecule has 0 aliphatic carbocycles. The summed E-state index contributed by atoms with van der Waals surface area (Å²) < 4.78 is 13.7. The van der Waals surface area contributed by atoms with E-state index in [2.05, 4.69) is 24.2 Å². The highest BCUT2D eigenvalue weighted by molar-refractivity contribution is 5.93. The molecule has 0 aromatic heterocycles. The number of guanidine groups is 1. The van der Waals surface area contributed by atoms with Crippen molar-refractivity contribution in [2.75, 3.05) is 11.9 Å². The van der Waals surface area contributed by atoms with E-state index < -0.39 is 11.9 Å². The van der Waals surface area contributed by atoms with Crippen molar-refractivity contribution in [1.29, 1.82) is 0 Å². The first-order valence-electron chi connectivity index (χ1n) is 8.17. The number of aliphatic imine (C=N–C) groups is 1. The molecule has 0 saturated heterocycles. The number of benzene rings is 2. The van der Waals surface area contributed by atoms with Crippen LogP contribution in [0.25, 0.3) is 0 Å². The van der Waals surface area contributed by atoms with Crippen LogP contribution in [-0.4, -0.2) is 17.6 Å². The summed E-state index contributed by atoms with van der Waals surface area (Å²) in [4.78, 5) is 4.15. The molecular weight excluding hydrogens is 305 g/mol. The predicted octanol–water partition coefficient (Wildman–Crippen LogP) is 3.41. The minimum Gasteiger partial charge on any atom is -0.386 e. The van der Waals surface area contributed by atoms with Gasteiger partial charge in [-0.3, -0.25) is 4.99 Å². The van der Waals surface area contributed by atoms with E-state index in [0.29, 0.717) is 0 Å². The molecule has 1 atom stereocenters. The molecule has 0 heterocycles. The van der Waals surface area contributed by atoms with Crippen LogP contribution in [0.15, 0.2) is 47.5 Å². The van der Waals surface area contributed by atoms with Crippen molar-refractivity contribution >= 4 is 11.6 Å². The second-order valence-electron chi connectivity index (χ2n) is 5.55. The van der Waals surface area contributed by atoms with E-state index in [1.54, 1.807) is 18.2 Å². The second-order valence-corrected chi connectivity index (χ2v) is 5.55. The Bertz CT molecular complexity index is 693. The fraction of sp³-hybridized carbons (Fsp3) is 0.316. The lowest BCUT2D eigenvalue weighted by atomic mass is 10.0. The molecule has 0 saturated carbocycles. The molecule has 2 rings (SSSR count). The number of nitrogens with one attached hydrogen (secondary N) is 1. The third-order valence-electron chi connectivity index (χ3n) is 3.95. The summed E-state index contributed by atoms with van der Waals surface area (Å²) in [6, 6.07) is 12.2. The standard InChI is InChI=1S/C19H24FN3O/c1-3-13-8-7-9-14(4-2)18(13)23-19(21)22-12-17(24)15-10-5-6-11-16(15)20/h5-11,17,24H,3-4,12H2,1-2H3,(H3,21,22,23). The molecule has 0 fully saturated rings. The Morgan fingerprint density at radius 1 is 1.12 bits per heavy atom. The number of para-hydroxylation sites is 1. The van der Waals surface area contributed by atoms with Gasteiger partial charge < -0.3 is 16.2 Å². The number of rotatable bonds is 6. The maximum Gasteiger partial charge on any atom is 0.193 e. The van der Waals surface area contributed by atoms with Crippen LogP contribution in [0.4, 0.5) is 10.1 Å². The van der Waals surface area contributed by atoms with Gasteiger partial charge in [-0.1, -0.05) is 50.2 Å². The Morgan fingerprint density at radius 2 is 1.75 bits per heavy atom. The summed E-state index contributed by atoms with van der Waals surface area (Å²) in [7, 11) is 0. The van der Waals surface area contributed by atoms with Gasteiger partial charge in [0, 0.05) is 11.3 Å². The van der Waals surface area contributed by atoms with E-state index in [-0.39, 0.29) is 18.1 Å². The Labute approximate surface area is 142 Å². The summed E-state index contributed by atoms with van der Waals surface area (Å²) in [6.45, 7) is 4.15. The number of aryl methyl sites for hydroxylation is 2. The first-order valence-corrected chi connectivity index (χ1v) is 8.17. The maximum atomic E-state index is 13.7. The molecule has 0 radical (unpaired) electrons. The van der Waals surface area contributed by atoms with Crippen LogP contribution in [-0.2, 0) is 12.8 Å². The van der Waals surface area contributed by atoms with Crippen molar-refractivity contribution in [2.45, 2.75) is 32.8 Å². The molecule has 0 aliphatic heterocycles. The van der Waals surface area contributed by atoms with Crippen molar-refractivity contribution in [1.82, 2.24) is 0 Å². The molecule has 0 spiro atoms. The number of hydrogen-bond donors (Lipinski definition) is 3. The highest BCUT2D eigenvalue weighted by Crippen LogP contribution is 2.22. The maximum absolute atomic E-state index is 13.7. The summed E-state index contributed by atoms with van der Waals surface area (Å²) in [5.41, 5.74) is 9.44. The number of halogens is 1. The molecule has 1 unspecified atom stereocenters. The Kier molecular flexibility index (Phi) is 6.32. The molecule has 5 heteroatoms. The quantitative estimate of drug-likeness (QED) is 0.562. The number of hydrogen-bond acceptors (Lipinski definition) is 2. The monoisotopic (exact) mass is 329 g/mol. The zero-order chi connectivity index (χ0) is 17.5. The lowest BCUT2D eigenvalue weighted by Gasteiger charge is -2.15. The van der Waals surface area contributed by atoms with Crippen molar-refractivity contribution in [3.8, 4) is 0 Å². The van der Waals surface area contributed by atoms with Gasteiger partial charge in [0.2, 0.25) is 0 Å². The number of anilines is 1. The zero-order valence-electron chi connectivity index (χ0n) is 14.1. The first kappa shape index (κ1) is 17.9. The lowest BCUT2D eigenvalue weighted by molar-refractivity contribution is 0.182. The number of nitrogens with two attached hydrogens (primary N) is 1. The van der Waals surface area contributed by atoms with E-state index >= 15 is 0 Å². The minimum absolute atomic E-state index is 0.00445. The Balaban J connectivity index is 2.11. The van der Waals surface area contributed by atoms with Gasteiger partial charge in [-0.2, -0.15) is 0 Å². The zero-order valence-corrected chi connectivity index (χ0v) is 14.1. The summed E-state index contributed by atoms with van der Waals surface area (Å²) >= 11 is 0. The molecular formula is C19H24FN3O. The van der Waals surface area contributed by atoms with Crippen LogP contribution in [0, 0.1) is 5.82 Å². The van der Waals surface area contributed by atoms with Crippen molar-refractivity contribution in [3.63, 3.8) is 0 Å². The van der Waals surface area contributed by atoms with Gasteiger partial charge >= 0.3 is 0 Å². The van der Waals surface area contributed by atoms with Crippen LogP contribution in [0.3, 0.4) is 0 Å². The summed E-state index contributed by atoms with van der Waals surface area (Å²) in [5, 5.41) is 13.2. The smallest absolute Gasteiger partial charge is 0.193 e. The first-order chi connectivity index (χ1) is 11.6. The van der Waals surface area contributed by atoms with Gasteiger partial charge in [0.15, 0.2) is 5.96 Å². The fourth-order valence-electron chi connectivity index (χ4n) is 2.60. The molecule has 24 heavy (non-hydrogen) atoms. The molecule has 0 bridgehead atoms. The van der Waals surface area contributed by atoms with Crippen LogP contribution >= 0.6 is 0 Å². The second kappa shape index (κ2) is 8.45. The lowest BCUT2D eigenvalue weighted by Crippen LogP contribution is -2.25. The van der Waals surface area contributed by atoms with Crippen molar-refractivity contribution in [3.05, 3.63) is 65.0 Å². The molecule has 0 amide bonds. The van der Waals surface area contributed by atoms with E-state index in [1.165, 1.54) is 6.07 Å². The van der Waals surface area contributed by atoms with Crippen LogP contribution in [0.2, 0.25) is 0 Å². The Hall–Kier alpha value is -2.40. The molecule has 0 aliphatic rings. The highest BCUT2D eigenvalue weighted by Gasteiger charge is 2.12. The predicted molar refractivity (Wildman–Crippen MR) is 96.7 cm³/mol. The van der Waals surface area contributed by atoms with Gasteiger partial charge in [0.1, 0.15) is 11.9 Å². The minimum atomic E-state index is -1.03. The number of aliphatic hydroxyl groups excluding tert-OH is 1. The summed E-state index contributed by atoms with van der Waals surface area (Å²) in [6.07, 6.45) is 0.724. The van der Waals surface area contributed by atoms with Crippen LogP contribution in [0.1, 0.15) is 36.6 Å². The molecule has 4 N–H and O–H groups in total. The SMILES string of the molecule is CCc1cccc(CC)c1NC(N)=NCC(O)c1ccccc1F. The van der Waals surface area contributed by atoms with Gasteiger partial charge in [0.05, 0.1) is 6.54 Å².